The molecule has 1 aromatic heterocycles. The van der Waals surface area contributed by atoms with E-state index in [0.29, 0.717) is 22.7 Å². The number of nitrogens with one attached hydrogen (secondary N) is 1. The molecular formula is C23H19N5O4. The first-order chi connectivity index (χ1) is 15.6. The number of carbonyl (C=O) groups is 2. The zero-order chi connectivity index (χ0) is 22.3. The Morgan fingerprint density at radius 3 is 2.53 bits per heavy atom. The van der Waals surface area contributed by atoms with E-state index in [0.717, 1.165) is 0 Å². The van der Waals surface area contributed by atoms with E-state index in [2.05, 4.69) is 20.8 Å². The van der Waals surface area contributed by atoms with Crippen molar-refractivity contribution in [3.05, 3.63) is 96.3 Å². The number of anilines is 1. The van der Waals surface area contributed by atoms with Gasteiger partial charge < -0.3 is 14.8 Å². The van der Waals surface area contributed by atoms with Gasteiger partial charge in [-0.05, 0) is 40.8 Å². The summed E-state index contributed by atoms with van der Waals surface area (Å²) in [6, 6.07) is 22.3. The fraction of sp³-hybridized carbons (Fsp3) is 0.0870. The SMILES string of the molecule is COc1cccc(NC(=O)C(OC(=O)c2cccc(-n3cnnn3)c2)c2ccccc2)c1. The van der Waals surface area contributed by atoms with E-state index in [1.807, 2.05) is 6.07 Å². The summed E-state index contributed by atoms with van der Waals surface area (Å²) in [5.41, 5.74) is 1.90. The smallest absolute Gasteiger partial charge is 0.339 e. The predicted molar refractivity (Wildman–Crippen MR) is 115 cm³/mol. The van der Waals surface area contributed by atoms with Crippen LogP contribution in [0.5, 0.6) is 5.75 Å². The number of tetrazole rings is 1. The number of benzene rings is 3. The molecule has 0 aliphatic carbocycles. The van der Waals surface area contributed by atoms with Crippen molar-refractivity contribution >= 4 is 17.6 Å². The molecule has 0 spiro atoms. The molecule has 9 heteroatoms. The summed E-state index contributed by atoms with van der Waals surface area (Å²) < 4.78 is 12.3. The molecule has 4 rings (SSSR count). The van der Waals surface area contributed by atoms with Crippen LogP contribution in [-0.2, 0) is 9.53 Å². The van der Waals surface area contributed by atoms with Gasteiger partial charge in [0.1, 0.15) is 12.1 Å². The van der Waals surface area contributed by atoms with Gasteiger partial charge in [-0.2, -0.15) is 0 Å². The molecule has 0 aliphatic rings. The Labute approximate surface area is 183 Å². The Morgan fingerprint density at radius 1 is 0.969 bits per heavy atom. The number of hydrogen-bond donors (Lipinski definition) is 1. The third-order valence-electron chi connectivity index (χ3n) is 4.60. The quantitative estimate of drug-likeness (QED) is 0.449. The Morgan fingerprint density at radius 2 is 1.78 bits per heavy atom. The van der Waals surface area contributed by atoms with Gasteiger partial charge in [0.05, 0.1) is 18.4 Å². The van der Waals surface area contributed by atoms with Gasteiger partial charge in [-0.3, -0.25) is 4.79 Å². The number of carbonyl (C=O) groups excluding carboxylic acids is 2. The van der Waals surface area contributed by atoms with Crippen LogP contribution in [0.1, 0.15) is 22.0 Å². The maximum atomic E-state index is 13.1. The minimum Gasteiger partial charge on any atom is -0.497 e. The fourth-order valence-corrected chi connectivity index (χ4v) is 3.04. The molecule has 9 nitrogen and oxygen atoms in total. The molecule has 0 saturated heterocycles. The zero-order valence-electron chi connectivity index (χ0n) is 17.1. The first kappa shape index (κ1) is 20.7. The molecule has 0 radical (unpaired) electrons. The maximum Gasteiger partial charge on any atom is 0.339 e. The molecule has 1 heterocycles. The molecule has 4 aromatic rings. The highest BCUT2D eigenvalue weighted by molar-refractivity contribution is 5.98. The monoisotopic (exact) mass is 429 g/mol. The summed E-state index contributed by atoms with van der Waals surface area (Å²) in [6.45, 7) is 0. The second kappa shape index (κ2) is 9.52. The van der Waals surface area contributed by atoms with E-state index < -0.39 is 18.0 Å². The van der Waals surface area contributed by atoms with Crippen molar-refractivity contribution in [3.63, 3.8) is 0 Å². The van der Waals surface area contributed by atoms with Gasteiger partial charge in [0, 0.05) is 17.3 Å². The molecule has 32 heavy (non-hydrogen) atoms. The van der Waals surface area contributed by atoms with Crippen molar-refractivity contribution in [1.82, 2.24) is 20.2 Å². The highest BCUT2D eigenvalue weighted by Crippen LogP contribution is 2.24. The lowest BCUT2D eigenvalue weighted by molar-refractivity contribution is -0.125. The largest absolute Gasteiger partial charge is 0.497 e. The summed E-state index contributed by atoms with van der Waals surface area (Å²) in [5, 5.41) is 13.8. The van der Waals surface area contributed by atoms with Crippen LogP contribution in [0.3, 0.4) is 0 Å². The van der Waals surface area contributed by atoms with Crippen molar-refractivity contribution in [2.45, 2.75) is 6.10 Å². The van der Waals surface area contributed by atoms with Gasteiger partial charge in [-0.25, -0.2) is 9.48 Å². The first-order valence-corrected chi connectivity index (χ1v) is 9.68. The van der Waals surface area contributed by atoms with E-state index in [1.165, 1.54) is 11.0 Å². The minimum atomic E-state index is -1.16. The molecule has 1 unspecified atom stereocenters. The third kappa shape index (κ3) is 4.78. The van der Waals surface area contributed by atoms with Crippen molar-refractivity contribution in [2.24, 2.45) is 0 Å². The summed E-state index contributed by atoms with van der Waals surface area (Å²) in [6.07, 6.45) is 0.255. The van der Waals surface area contributed by atoms with Gasteiger partial charge >= 0.3 is 5.97 Å². The molecule has 0 bridgehead atoms. The Hall–Kier alpha value is -4.53. The van der Waals surface area contributed by atoms with Gasteiger partial charge in [0.2, 0.25) is 6.10 Å². The first-order valence-electron chi connectivity index (χ1n) is 9.68. The molecule has 160 valence electrons. The Balaban J connectivity index is 1.58. The number of esters is 1. The van der Waals surface area contributed by atoms with E-state index in [4.69, 9.17) is 9.47 Å². The number of methoxy groups -OCH3 is 1. The van der Waals surface area contributed by atoms with Crippen LogP contribution in [0.25, 0.3) is 5.69 Å². The lowest BCUT2D eigenvalue weighted by Crippen LogP contribution is -2.26. The highest BCUT2D eigenvalue weighted by Gasteiger charge is 2.26. The lowest BCUT2D eigenvalue weighted by Gasteiger charge is -2.18. The zero-order valence-corrected chi connectivity index (χ0v) is 17.1. The van der Waals surface area contributed by atoms with Crippen LogP contribution < -0.4 is 10.1 Å². The molecule has 0 fully saturated rings. The van der Waals surface area contributed by atoms with E-state index in [9.17, 15) is 9.59 Å². The number of hydrogen-bond acceptors (Lipinski definition) is 7. The van der Waals surface area contributed by atoms with E-state index in [-0.39, 0.29) is 5.56 Å². The molecule has 1 amide bonds. The number of ether oxygens (including phenoxy) is 2. The van der Waals surface area contributed by atoms with Crippen LogP contribution in [0.15, 0.2) is 85.2 Å². The normalized spacial score (nSPS) is 11.4. The standard InChI is InChI=1S/C23H19N5O4/c1-31-20-12-6-10-18(14-20)25-22(29)21(16-7-3-2-4-8-16)32-23(30)17-9-5-11-19(13-17)28-15-24-26-27-28/h2-15,21H,1H3,(H,25,29). The van der Waals surface area contributed by atoms with Gasteiger partial charge in [0.25, 0.3) is 5.91 Å². The van der Waals surface area contributed by atoms with Crippen LogP contribution in [-0.4, -0.2) is 39.2 Å². The van der Waals surface area contributed by atoms with E-state index >= 15 is 0 Å². The molecule has 0 saturated carbocycles. The average molecular weight is 429 g/mol. The fourth-order valence-electron chi connectivity index (χ4n) is 3.04. The lowest BCUT2D eigenvalue weighted by atomic mass is 10.1. The topological polar surface area (TPSA) is 108 Å². The Bertz CT molecular complexity index is 1210. The number of aromatic nitrogens is 4. The number of rotatable bonds is 7. The van der Waals surface area contributed by atoms with Gasteiger partial charge in [-0.15, -0.1) is 5.10 Å². The number of amides is 1. The molecule has 0 aliphatic heterocycles. The van der Waals surface area contributed by atoms with Gasteiger partial charge in [0.15, 0.2) is 0 Å². The van der Waals surface area contributed by atoms with Crippen molar-refractivity contribution in [2.75, 3.05) is 12.4 Å². The van der Waals surface area contributed by atoms with Gasteiger partial charge in [-0.1, -0.05) is 42.5 Å². The van der Waals surface area contributed by atoms with Crippen LogP contribution >= 0.6 is 0 Å². The second-order valence-electron chi connectivity index (χ2n) is 6.72. The predicted octanol–water partition coefficient (Wildman–Crippen LogP) is 3.21. The summed E-state index contributed by atoms with van der Waals surface area (Å²) in [7, 11) is 1.54. The molecule has 1 atom stereocenters. The number of nitrogens with zero attached hydrogens (tertiary/aromatic N) is 4. The van der Waals surface area contributed by atoms with Crippen molar-refractivity contribution < 1.29 is 19.1 Å². The summed E-state index contributed by atoms with van der Waals surface area (Å²) >= 11 is 0. The maximum absolute atomic E-state index is 13.1. The summed E-state index contributed by atoms with van der Waals surface area (Å²) in [4.78, 5) is 26.0. The third-order valence-corrected chi connectivity index (χ3v) is 4.60. The average Bonchev–Trinajstić information content (AvgIpc) is 3.38. The minimum absolute atomic E-state index is 0.258. The van der Waals surface area contributed by atoms with E-state index in [1.54, 1.807) is 79.9 Å². The Kier molecular flexibility index (Phi) is 6.17. The molecular weight excluding hydrogens is 410 g/mol. The second-order valence-corrected chi connectivity index (χ2v) is 6.72. The van der Waals surface area contributed by atoms with Crippen molar-refractivity contribution in [3.8, 4) is 11.4 Å². The molecule has 3 aromatic carbocycles. The summed E-state index contributed by atoms with van der Waals surface area (Å²) in [5.74, 6) is -0.556. The van der Waals surface area contributed by atoms with Crippen LogP contribution in [0.2, 0.25) is 0 Å². The molecule has 1 N–H and O–H groups in total. The van der Waals surface area contributed by atoms with Crippen LogP contribution in [0, 0.1) is 0 Å². The van der Waals surface area contributed by atoms with Crippen LogP contribution in [0.4, 0.5) is 5.69 Å². The van der Waals surface area contributed by atoms with Crippen molar-refractivity contribution in [1.29, 1.82) is 0 Å². The highest BCUT2D eigenvalue weighted by atomic mass is 16.5.